The zero-order chi connectivity index (χ0) is 9.68. The molecular formula is C10H12N2O. The van der Waals surface area contributed by atoms with Crippen molar-refractivity contribution in [2.24, 2.45) is 7.05 Å². The van der Waals surface area contributed by atoms with Crippen LogP contribution >= 0.6 is 0 Å². The lowest BCUT2D eigenvalue weighted by Crippen LogP contribution is -2.04. The minimum absolute atomic E-state index is 0.107. The van der Waals surface area contributed by atoms with Gasteiger partial charge in [-0.2, -0.15) is 0 Å². The summed E-state index contributed by atoms with van der Waals surface area (Å²) in [5, 5.41) is 0. The molecule has 0 aromatic carbocycles. The normalized spacial score (nSPS) is 9.54. The van der Waals surface area contributed by atoms with Crippen LogP contribution in [0.1, 0.15) is 29.8 Å². The minimum atomic E-state index is 0.107. The molecule has 0 saturated heterocycles. The van der Waals surface area contributed by atoms with Gasteiger partial charge in [0.25, 0.3) is 0 Å². The molecule has 0 fully saturated rings. The molecule has 0 aliphatic heterocycles. The first-order valence-electron chi connectivity index (χ1n) is 4.18. The SMILES string of the molecule is C#CCCCC(=O)c1cncn1C. The van der Waals surface area contributed by atoms with E-state index in [1.54, 1.807) is 24.1 Å². The van der Waals surface area contributed by atoms with Crippen LogP contribution in [0.2, 0.25) is 0 Å². The summed E-state index contributed by atoms with van der Waals surface area (Å²) >= 11 is 0. The molecule has 0 aliphatic rings. The van der Waals surface area contributed by atoms with Crippen LogP contribution in [-0.2, 0) is 7.05 Å². The molecule has 1 heterocycles. The number of hydrogen-bond acceptors (Lipinski definition) is 2. The van der Waals surface area contributed by atoms with Gasteiger partial charge in [-0.05, 0) is 6.42 Å². The second-order valence-corrected chi connectivity index (χ2v) is 2.87. The molecule has 0 atom stereocenters. The summed E-state index contributed by atoms with van der Waals surface area (Å²) in [6.45, 7) is 0. The molecule has 13 heavy (non-hydrogen) atoms. The fourth-order valence-corrected chi connectivity index (χ4v) is 1.10. The maximum absolute atomic E-state index is 11.5. The van der Waals surface area contributed by atoms with Gasteiger partial charge in [0.15, 0.2) is 5.78 Å². The second kappa shape index (κ2) is 4.46. The number of hydrogen-bond donors (Lipinski definition) is 0. The summed E-state index contributed by atoms with van der Waals surface area (Å²) in [4.78, 5) is 15.3. The van der Waals surface area contributed by atoms with Gasteiger partial charge in [0.05, 0.1) is 12.5 Å². The molecule has 3 heteroatoms. The quantitative estimate of drug-likeness (QED) is 0.395. The highest BCUT2D eigenvalue weighted by atomic mass is 16.1. The lowest BCUT2D eigenvalue weighted by Gasteiger charge is -1.99. The molecule has 0 N–H and O–H groups in total. The molecule has 68 valence electrons. The van der Waals surface area contributed by atoms with E-state index in [1.165, 1.54) is 0 Å². The van der Waals surface area contributed by atoms with E-state index in [9.17, 15) is 4.79 Å². The highest BCUT2D eigenvalue weighted by Gasteiger charge is 2.08. The topological polar surface area (TPSA) is 34.9 Å². The number of carbonyl (C=O) groups excluding carboxylic acids is 1. The van der Waals surface area contributed by atoms with Gasteiger partial charge in [0.2, 0.25) is 0 Å². The Hall–Kier alpha value is -1.56. The maximum atomic E-state index is 11.5. The number of aromatic nitrogens is 2. The Kier molecular flexibility index (Phi) is 3.27. The predicted molar refractivity (Wildman–Crippen MR) is 50.2 cm³/mol. The van der Waals surface area contributed by atoms with Crippen molar-refractivity contribution < 1.29 is 4.79 Å². The first kappa shape index (κ1) is 9.53. The van der Waals surface area contributed by atoms with Gasteiger partial charge in [-0.15, -0.1) is 12.3 Å². The molecule has 1 aromatic heterocycles. The van der Waals surface area contributed by atoms with E-state index in [2.05, 4.69) is 10.9 Å². The number of terminal acetylenes is 1. The standard InChI is InChI=1S/C10H12N2O/c1-3-4-5-6-10(13)9-7-11-8-12(9)2/h1,7-8H,4-6H2,2H3. The largest absolute Gasteiger partial charge is 0.331 e. The van der Waals surface area contributed by atoms with E-state index >= 15 is 0 Å². The van der Waals surface area contributed by atoms with Crippen LogP contribution in [0.5, 0.6) is 0 Å². The Balaban J connectivity index is 2.50. The number of Topliss-reactive ketones (excluding diaryl/α,β-unsaturated/α-hetero) is 1. The van der Waals surface area contributed by atoms with Gasteiger partial charge < -0.3 is 4.57 Å². The van der Waals surface area contributed by atoms with Crippen LogP contribution in [0.25, 0.3) is 0 Å². The van der Waals surface area contributed by atoms with Crippen LogP contribution < -0.4 is 0 Å². The zero-order valence-electron chi connectivity index (χ0n) is 7.66. The van der Waals surface area contributed by atoms with Gasteiger partial charge in [-0.3, -0.25) is 4.79 Å². The van der Waals surface area contributed by atoms with Crippen LogP contribution in [-0.4, -0.2) is 15.3 Å². The van der Waals surface area contributed by atoms with E-state index in [-0.39, 0.29) is 5.78 Å². The van der Waals surface area contributed by atoms with E-state index < -0.39 is 0 Å². The van der Waals surface area contributed by atoms with Crippen molar-refractivity contribution in [2.45, 2.75) is 19.3 Å². The van der Waals surface area contributed by atoms with Crippen LogP contribution in [0.15, 0.2) is 12.5 Å². The number of aryl methyl sites for hydroxylation is 1. The van der Waals surface area contributed by atoms with Crippen molar-refractivity contribution in [3.05, 3.63) is 18.2 Å². The van der Waals surface area contributed by atoms with E-state index in [1.807, 2.05) is 0 Å². The molecule has 0 spiro atoms. The Labute approximate surface area is 77.8 Å². The summed E-state index contributed by atoms with van der Waals surface area (Å²) in [5.41, 5.74) is 0.650. The second-order valence-electron chi connectivity index (χ2n) is 2.87. The molecule has 0 aliphatic carbocycles. The van der Waals surface area contributed by atoms with Gasteiger partial charge in [0.1, 0.15) is 5.69 Å². The zero-order valence-corrected chi connectivity index (χ0v) is 7.66. The van der Waals surface area contributed by atoms with E-state index in [0.717, 1.165) is 6.42 Å². The summed E-state index contributed by atoms with van der Waals surface area (Å²) in [6.07, 6.45) is 10.2. The number of unbranched alkanes of at least 4 members (excludes halogenated alkanes) is 1. The number of imidazole rings is 1. The molecule has 1 aromatic rings. The molecule has 0 saturated carbocycles. The van der Waals surface area contributed by atoms with Crippen molar-refractivity contribution >= 4 is 5.78 Å². The summed E-state index contributed by atoms with van der Waals surface area (Å²) < 4.78 is 1.72. The highest BCUT2D eigenvalue weighted by Crippen LogP contribution is 2.04. The molecule has 1 rings (SSSR count). The first-order valence-corrected chi connectivity index (χ1v) is 4.18. The van der Waals surface area contributed by atoms with Crippen molar-refractivity contribution in [1.29, 1.82) is 0 Å². The Morgan fingerprint density at radius 2 is 2.54 bits per heavy atom. The molecule has 0 amide bonds. The molecule has 0 unspecified atom stereocenters. The number of nitrogens with zero attached hydrogens (tertiary/aromatic N) is 2. The van der Waals surface area contributed by atoms with Gasteiger partial charge in [-0.25, -0.2) is 4.98 Å². The third-order valence-electron chi connectivity index (χ3n) is 1.83. The Morgan fingerprint density at radius 3 is 3.08 bits per heavy atom. The molecule has 3 nitrogen and oxygen atoms in total. The molecular weight excluding hydrogens is 164 g/mol. The fraction of sp³-hybridized carbons (Fsp3) is 0.400. The van der Waals surface area contributed by atoms with Gasteiger partial charge >= 0.3 is 0 Å². The van der Waals surface area contributed by atoms with Crippen LogP contribution in [0.4, 0.5) is 0 Å². The van der Waals surface area contributed by atoms with Crippen LogP contribution in [0, 0.1) is 12.3 Å². The number of ketones is 1. The minimum Gasteiger partial charge on any atom is -0.331 e. The molecule has 0 bridgehead atoms. The third kappa shape index (κ3) is 2.45. The maximum Gasteiger partial charge on any atom is 0.180 e. The third-order valence-corrected chi connectivity index (χ3v) is 1.83. The average molecular weight is 176 g/mol. The van der Waals surface area contributed by atoms with E-state index in [0.29, 0.717) is 18.5 Å². The molecule has 0 radical (unpaired) electrons. The summed E-state index contributed by atoms with van der Waals surface area (Å²) in [7, 11) is 1.81. The lowest BCUT2D eigenvalue weighted by atomic mass is 10.1. The number of rotatable bonds is 4. The monoisotopic (exact) mass is 176 g/mol. The smallest absolute Gasteiger partial charge is 0.180 e. The van der Waals surface area contributed by atoms with E-state index in [4.69, 9.17) is 6.42 Å². The predicted octanol–water partition coefficient (Wildman–Crippen LogP) is 1.41. The summed E-state index contributed by atoms with van der Waals surface area (Å²) in [6, 6.07) is 0. The van der Waals surface area contributed by atoms with Crippen molar-refractivity contribution in [3.63, 3.8) is 0 Å². The number of carbonyl (C=O) groups is 1. The highest BCUT2D eigenvalue weighted by molar-refractivity contribution is 5.94. The van der Waals surface area contributed by atoms with Crippen LogP contribution in [0.3, 0.4) is 0 Å². The van der Waals surface area contributed by atoms with Gasteiger partial charge in [-0.1, -0.05) is 0 Å². The van der Waals surface area contributed by atoms with Crippen molar-refractivity contribution in [2.75, 3.05) is 0 Å². The summed E-state index contributed by atoms with van der Waals surface area (Å²) in [5.74, 6) is 2.62. The van der Waals surface area contributed by atoms with Crippen molar-refractivity contribution in [3.8, 4) is 12.3 Å². The average Bonchev–Trinajstić information content (AvgIpc) is 2.52. The first-order chi connectivity index (χ1) is 6.25. The fourth-order valence-electron chi connectivity index (χ4n) is 1.10. The lowest BCUT2D eigenvalue weighted by molar-refractivity contribution is 0.0972. The Bertz CT molecular complexity index is 333. The van der Waals surface area contributed by atoms with Gasteiger partial charge in [0, 0.05) is 19.9 Å². The Morgan fingerprint density at radius 1 is 1.77 bits per heavy atom. The van der Waals surface area contributed by atoms with Crippen molar-refractivity contribution in [1.82, 2.24) is 9.55 Å².